The Hall–Kier alpha value is -2.22. The summed E-state index contributed by atoms with van der Waals surface area (Å²) in [4.78, 5) is 4.53. The fraction of sp³-hybridized carbons (Fsp3) is 0.211. The summed E-state index contributed by atoms with van der Waals surface area (Å²) in [6, 6.07) is 15.1. The summed E-state index contributed by atoms with van der Waals surface area (Å²) < 4.78 is 13.8. The summed E-state index contributed by atoms with van der Waals surface area (Å²) in [5.41, 5.74) is 2.92. The average molecular weight is 279 g/mol. The first kappa shape index (κ1) is 13.7. The Balaban J connectivity index is 2.30. The van der Waals surface area contributed by atoms with Crippen LogP contribution < -0.4 is 0 Å². The molecule has 0 saturated heterocycles. The van der Waals surface area contributed by atoms with Crippen LogP contribution in [-0.4, -0.2) is 4.98 Å². The molecule has 3 rings (SSSR count). The van der Waals surface area contributed by atoms with Gasteiger partial charge >= 0.3 is 0 Å². The van der Waals surface area contributed by atoms with Crippen LogP contribution in [0.25, 0.3) is 22.0 Å². The van der Waals surface area contributed by atoms with Gasteiger partial charge in [-0.2, -0.15) is 0 Å². The van der Waals surface area contributed by atoms with Gasteiger partial charge in [-0.25, -0.2) is 4.39 Å². The van der Waals surface area contributed by atoms with E-state index < -0.39 is 0 Å². The third kappa shape index (κ3) is 2.54. The van der Waals surface area contributed by atoms with E-state index in [1.807, 2.05) is 30.3 Å². The van der Waals surface area contributed by atoms with Crippen molar-refractivity contribution in [3.05, 3.63) is 66.1 Å². The third-order valence-electron chi connectivity index (χ3n) is 4.09. The van der Waals surface area contributed by atoms with Crippen LogP contribution in [-0.2, 0) is 0 Å². The summed E-state index contributed by atoms with van der Waals surface area (Å²) >= 11 is 0. The van der Waals surface area contributed by atoms with E-state index >= 15 is 0 Å². The van der Waals surface area contributed by atoms with E-state index in [2.05, 4.69) is 24.9 Å². The van der Waals surface area contributed by atoms with Crippen molar-refractivity contribution in [2.24, 2.45) is 0 Å². The molecule has 1 nitrogen and oxygen atoms in total. The van der Waals surface area contributed by atoms with Gasteiger partial charge in [0.15, 0.2) is 0 Å². The highest BCUT2D eigenvalue weighted by molar-refractivity contribution is 5.95. The molecule has 0 aliphatic rings. The lowest BCUT2D eigenvalue weighted by atomic mass is 9.90. The van der Waals surface area contributed by atoms with Gasteiger partial charge in [-0.3, -0.25) is 4.98 Å². The zero-order valence-electron chi connectivity index (χ0n) is 12.3. The van der Waals surface area contributed by atoms with Crippen LogP contribution in [0.1, 0.15) is 31.7 Å². The van der Waals surface area contributed by atoms with Crippen LogP contribution in [0.2, 0.25) is 0 Å². The second kappa shape index (κ2) is 5.65. The molecule has 0 N–H and O–H groups in total. The number of hydrogen-bond acceptors (Lipinski definition) is 1. The summed E-state index contributed by atoms with van der Waals surface area (Å²) in [7, 11) is 0. The monoisotopic (exact) mass is 279 g/mol. The highest BCUT2D eigenvalue weighted by Crippen LogP contribution is 2.34. The maximum atomic E-state index is 13.8. The van der Waals surface area contributed by atoms with Gasteiger partial charge in [0, 0.05) is 17.1 Å². The lowest BCUT2D eigenvalue weighted by molar-refractivity contribution is 0.625. The molecule has 21 heavy (non-hydrogen) atoms. The van der Waals surface area contributed by atoms with E-state index in [-0.39, 0.29) is 5.82 Å². The van der Waals surface area contributed by atoms with Crippen molar-refractivity contribution in [1.29, 1.82) is 0 Å². The van der Waals surface area contributed by atoms with Crippen molar-refractivity contribution in [2.75, 3.05) is 0 Å². The number of rotatable bonds is 3. The molecule has 2 aromatic carbocycles. The van der Waals surface area contributed by atoms with Crippen LogP contribution in [0.5, 0.6) is 0 Å². The van der Waals surface area contributed by atoms with Crippen LogP contribution in [0.15, 0.2) is 54.7 Å². The first-order valence-electron chi connectivity index (χ1n) is 7.34. The number of aromatic nitrogens is 1. The highest BCUT2D eigenvalue weighted by Gasteiger charge is 2.14. The first-order valence-corrected chi connectivity index (χ1v) is 7.34. The van der Waals surface area contributed by atoms with Crippen LogP contribution in [0.3, 0.4) is 0 Å². The molecule has 106 valence electrons. The van der Waals surface area contributed by atoms with E-state index in [0.717, 1.165) is 34.0 Å². The topological polar surface area (TPSA) is 12.9 Å². The van der Waals surface area contributed by atoms with Crippen LogP contribution in [0, 0.1) is 5.82 Å². The minimum absolute atomic E-state index is 0.216. The highest BCUT2D eigenvalue weighted by atomic mass is 19.1. The quantitative estimate of drug-likeness (QED) is 0.612. The van der Waals surface area contributed by atoms with Gasteiger partial charge in [0.05, 0.1) is 5.69 Å². The Morgan fingerprint density at radius 1 is 1.10 bits per heavy atom. The molecular formula is C19H18FN. The molecule has 1 unspecified atom stereocenters. The SMILES string of the molecule is CCC(C)c1ccc(F)cc1-c1nccc2ccccc12. The second-order valence-electron chi connectivity index (χ2n) is 5.42. The van der Waals surface area contributed by atoms with Gasteiger partial charge in [0.25, 0.3) is 0 Å². The Bertz CT molecular complexity index is 774. The van der Waals surface area contributed by atoms with Gasteiger partial charge in [-0.15, -0.1) is 0 Å². The number of fused-ring (bicyclic) bond motifs is 1. The number of halogens is 1. The molecule has 1 heterocycles. The van der Waals surface area contributed by atoms with Crippen LogP contribution >= 0.6 is 0 Å². The molecule has 0 aliphatic carbocycles. The zero-order chi connectivity index (χ0) is 14.8. The fourth-order valence-corrected chi connectivity index (χ4v) is 2.72. The normalized spacial score (nSPS) is 12.5. The standard InChI is InChI=1S/C19H18FN/c1-3-13(2)16-9-8-15(20)12-18(16)19-17-7-5-4-6-14(17)10-11-21-19/h4-13H,3H2,1-2H3. The smallest absolute Gasteiger partial charge is 0.123 e. The molecule has 3 aromatic rings. The Kier molecular flexibility index (Phi) is 3.70. The predicted octanol–water partition coefficient (Wildman–Crippen LogP) is 5.55. The van der Waals surface area contributed by atoms with Crippen molar-refractivity contribution in [3.8, 4) is 11.3 Å². The molecule has 0 aliphatic heterocycles. The van der Waals surface area contributed by atoms with Crippen molar-refractivity contribution in [1.82, 2.24) is 4.98 Å². The predicted molar refractivity (Wildman–Crippen MR) is 85.8 cm³/mol. The largest absolute Gasteiger partial charge is 0.256 e. The first-order chi connectivity index (χ1) is 10.2. The number of nitrogens with zero attached hydrogens (tertiary/aromatic N) is 1. The zero-order valence-corrected chi connectivity index (χ0v) is 12.3. The number of benzene rings is 2. The lowest BCUT2D eigenvalue weighted by Gasteiger charge is -2.16. The van der Waals surface area contributed by atoms with E-state index in [1.54, 1.807) is 12.3 Å². The Morgan fingerprint density at radius 3 is 2.71 bits per heavy atom. The molecule has 0 radical (unpaired) electrons. The molecule has 1 aromatic heterocycles. The summed E-state index contributed by atoms with van der Waals surface area (Å²) in [5, 5.41) is 2.19. The van der Waals surface area contributed by atoms with Crippen molar-refractivity contribution >= 4 is 10.8 Å². The van der Waals surface area contributed by atoms with Crippen molar-refractivity contribution in [3.63, 3.8) is 0 Å². The molecule has 0 fully saturated rings. The fourth-order valence-electron chi connectivity index (χ4n) is 2.72. The molecule has 2 heteroatoms. The van der Waals surface area contributed by atoms with E-state index in [1.165, 1.54) is 6.07 Å². The number of pyridine rings is 1. The van der Waals surface area contributed by atoms with Crippen molar-refractivity contribution < 1.29 is 4.39 Å². The summed E-state index contributed by atoms with van der Waals surface area (Å²) in [5.74, 6) is 0.160. The second-order valence-corrected chi connectivity index (χ2v) is 5.42. The third-order valence-corrected chi connectivity index (χ3v) is 4.09. The Labute approximate surface area is 124 Å². The lowest BCUT2D eigenvalue weighted by Crippen LogP contribution is -1.98. The molecule has 1 atom stereocenters. The summed E-state index contributed by atoms with van der Waals surface area (Å²) in [6.07, 6.45) is 2.81. The average Bonchev–Trinajstić information content (AvgIpc) is 2.53. The van der Waals surface area contributed by atoms with Gasteiger partial charge in [0.2, 0.25) is 0 Å². The molecule has 0 spiro atoms. The Morgan fingerprint density at radius 2 is 1.90 bits per heavy atom. The molecule has 0 saturated carbocycles. The summed E-state index contributed by atoms with van der Waals surface area (Å²) in [6.45, 7) is 4.32. The van der Waals surface area contributed by atoms with Gasteiger partial charge in [-0.1, -0.05) is 44.2 Å². The minimum atomic E-state index is -0.216. The molecule has 0 bridgehead atoms. The van der Waals surface area contributed by atoms with E-state index in [4.69, 9.17) is 0 Å². The minimum Gasteiger partial charge on any atom is -0.256 e. The van der Waals surface area contributed by atoms with Gasteiger partial charge in [0.1, 0.15) is 5.82 Å². The number of hydrogen-bond donors (Lipinski definition) is 0. The van der Waals surface area contributed by atoms with Gasteiger partial charge < -0.3 is 0 Å². The van der Waals surface area contributed by atoms with E-state index in [0.29, 0.717) is 5.92 Å². The maximum Gasteiger partial charge on any atom is 0.123 e. The molecular weight excluding hydrogens is 261 g/mol. The maximum absolute atomic E-state index is 13.8. The van der Waals surface area contributed by atoms with E-state index in [9.17, 15) is 4.39 Å². The van der Waals surface area contributed by atoms with Gasteiger partial charge in [-0.05, 0) is 41.5 Å². The van der Waals surface area contributed by atoms with Crippen molar-refractivity contribution in [2.45, 2.75) is 26.2 Å². The van der Waals surface area contributed by atoms with Crippen LogP contribution in [0.4, 0.5) is 4.39 Å². The molecule has 0 amide bonds.